The molecule has 1 aliphatic rings. The van der Waals surface area contributed by atoms with E-state index in [0.29, 0.717) is 6.61 Å². The standard InChI is InChI=1S/C23H29NO4/c1-16(15-27-20-13-11-19(26-3)12-14-20)24-23(25)17(2)28-22-10-6-8-18-7-4-5-9-21(18)22/h6,8,10-14,16-17H,4-5,7,9,15H2,1-3H3,(H,24,25)/t16-,17+/m1/s1. The van der Waals surface area contributed by atoms with Crippen LogP contribution < -0.4 is 19.5 Å². The minimum Gasteiger partial charge on any atom is -0.497 e. The van der Waals surface area contributed by atoms with Gasteiger partial charge < -0.3 is 19.5 Å². The van der Waals surface area contributed by atoms with Crippen LogP contribution in [0.4, 0.5) is 0 Å². The maximum Gasteiger partial charge on any atom is 0.261 e. The molecule has 0 fully saturated rings. The Morgan fingerprint density at radius 3 is 2.50 bits per heavy atom. The third-order valence-corrected chi connectivity index (χ3v) is 4.97. The van der Waals surface area contributed by atoms with Gasteiger partial charge in [0.2, 0.25) is 0 Å². The highest BCUT2D eigenvalue weighted by molar-refractivity contribution is 5.81. The summed E-state index contributed by atoms with van der Waals surface area (Å²) in [5.74, 6) is 2.21. The highest BCUT2D eigenvalue weighted by Gasteiger charge is 2.20. The Bertz CT molecular complexity index is 788. The molecule has 0 heterocycles. The monoisotopic (exact) mass is 383 g/mol. The molecule has 3 rings (SSSR count). The van der Waals surface area contributed by atoms with Gasteiger partial charge in [0.15, 0.2) is 6.10 Å². The summed E-state index contributed by atoms with van der Waals surface area (Å²) < 4.78 is 16.9. The van der Waals surface area contributed by atoms with Gasteiger partial charge >= 0.3 is 0 Å². The maximum absolute atomic E-state index is 12.5. The molecule has 2 aromatic carbocycles. The fourth-order valence-electron chi connectivity index (χ4n) is 3.40. The summed E-state index contributed by atoms with van der Waals surface area (Å²) in [7, 11) is 1.63. The topological polar surface area (TPSA) is 56.8 Å². The van der Waals surface area contributed by atoms with Crippen LogP contribution in [0.25, 0.3) is 0 Å². The zero-order valence-electron chi connectivity index (χ0n) is 16.9. The molecule has 1 aliphatic carbocycles. The first-order chi connectivity index (χ1) is 13.6. The molecule has 0 saturated carbocycles. The molecule has 0 unspecified atom stereocenters. The van der Waals surface area contributed by atoms with Crippen LogP contribution in [0.3, 0.4) is 0 Å². The van der Waals surface area contributed by atoms with Crippen molar-refractivity contribution >= 4 is 5.91 Å². The van der Waals surface area contributed by atoms with Gasteiger partial charge in [-0.15, -0.1) is 0 Å². The van der Waals surface area contributed by atoms with E-state index in [1.54, 1.807) is 14.0 Å². The van der Waals surface area contributed by atoms with Gasteiger partial charge in [-0.2, -0.15) is 0 Å². The number of nitrogens with one attached hydrogen (secondary N) is 1. The number of aryl methyl sites for hydroxylation is 1. The van der Waals surface area contributed by atoms with Gasteiger partial charge in [0.05, 0.1) is 13.2 Å². The summed E-state index contributed by atoms with van der Waals surface area (Å²) in [5, 5.41) is 2.96. The summed E-state index contributed by atoms with van der Waals surface area (Å²) in [4.78, 5) is 12.5. The first-order valence-electron chi connectivity index (χ1n) is 9.91. The molecule has 2 aromatic rings. The van der Waals surface area contributed by atoms with Crippen molar-refractivity contribution in [3.05, 3.63) is 53.6 Å². The number of fused-ring (bicyclic) bond motifs is 1. The number of carbonyl (C=O) groups is 1. The number of carbonyl (C=O) groups excluding carboxylic acids is 1. The molecule has 1 N–H and O–H groups in total. The molecular weight excluding hydrogens is 354 g/mol. The lowest BCUT2D eigenvalue weighted by Crippen LogP contribution is -2.43. The predicted molar refractivity (Wildman–Crippen MR) is 109 cm³/mol. The highest BCUT2D eigenvalue weighted by Crippen LogP contribution is 2.30. The molecule has 1 amide bonds. The van der Waals surface area contributed by atoms with Crippen LogP contribution in [0.1, 0.15) is 37.8 Å². The average molecular weight is 383 g/mol. The van der Waals surface area contributed by atoms with Gasteiger partial charge in [-0.25, -0.2) is 0 Å². The van der Waals surface area contributed by atoms with E-state index in [9.17, 15) is 4.79 Å². The summed E-state index contributed by atoms with van der Waals surface area (Å²) in [6, 6.07) is 13.4. The van der Waals surface area contributed by atoms with Crippen LogP contribution in [-0.2, 0) is 17.6 Å². The molecule has 0 spiro atoms. The lowest BCUT2D eigenvalue weighted by molar-refractivity contribution is -0.128. The van der Waals surface area contributed by atoms with E-state index in [1.165, 1.54) is 24.0 Å². The van der Waals surface area contributed by atoms with Crippen molar-refractivity contribution in [1.82, 2.24) is 5.32 Å². The maximum atomic E-state index is 12.5. The average Bonchev–Trinajstić information content (AvgIpc) is 2.73. The van der Waals surface area contributed by atoms with Crippen LogP contribution in [0.15, 0.2) is 42.5 Å². The number of ether oxygens (including phenoxy) is 3. The van der Waals surface area contributed by atoms with Gasteiger partial charge in [-0.1, -0.05) is 12.1 Å². The second-order valence-electron chi connectivity index (χ2n) is 7.26. The Morgan fingerprint density at radius 1 is 1.04 bits per heavy atom. The molecule has 0 radical (unpaired) electrons. The molecule has 150 valence electrons. The van der Waals surface area contributed by atoms with Crippen LogP contribution in [0.5, 0.6) is 17.2 Å². The molecule has 0 aromatic heterocycles. The van der Waals surface area contributed by atoms with E-state index in [1.807, 2.05) is 43.3 Å². The molecule has 0 aliphatic heterocycles. The number of hydrogen-bond donors (Lipinski definition) is 1. The quantitative estimate of drug-likeness (QED) is 0.751. The van der Waals surface area contributed by atoms with E-state index in [4.69, 9.17) is 14.2 Å². The fourth-order valence-corrected chi connectivity index (χ4v) is 3.40. The third kappa shape index (κ3) is 5.18. The lowest BCUT2D eigenvalue weighted by atomic mass is 9.91. The van der Waals surface area contributed by atoms with Crippen LogP contribution in [0.2, 0.25) is 0 Å². The second-order valence-corrected chi connectivity index (χ2v) is 7.26. The summed E-state index contributed by atoms with van der Waals surface area (Å²) in [6.07, 6.45) is 3.95. The zero-order valence-corrected chi connectivity index (χ0v) is 16.9. The largest absolute Gasteiger partial charge is 0.497 e. The van der Waals surface area contributed by atoms with Crippen LogP contribution in [-0.4, -0.2) is 31.8 Å². The summed E-state index contributed by atoms with van der Waals surface area (Å²) >= 11 is 0. The summed E-state index contributed by atoms with van der Waals surface area (Å²) in [5.41, 5.74) is 2.60. The van der Waals surface area contributed by atoms with E-state index in [-0.39, 0.29) is 11.9 Å². The van der Waals surface area contributed by atoms with Crippen LogP contribution in [0, 0.1) is 0 Å². The molecular formula is C23H29NO4. The lowest BCUT2D eigenvalue weighted by Gasteiger charge is -2.23. The SMILES string of the molecule is COc1ccc(OC[C@@H](C)NC(=O)[C@H](C)Oc2cccc3c2CCCC3)cc1. The fraction of sp³-hybridized carbons (Fsp3) is 0.435. The number of hydrogen-bond acceptors (Lipinski definition) is 4. The Labute approximate surface area is 167 Å². The minimum atomic E-state index is -0.558. The van der Waals surface area contributed by atoms with Crippen molar-refractivity contribution in [2.24, 2.45) is 0 Å². The van der Waals surface area contributed by atoms with Crippen molar-refractivity contribution in [3.63, 3.8) is 0 Å². The van der Waals surface area contributed by atoms with E-state index >= 15 is 0 Å². The first-order valence-corrected chi connectivity index (χ1v) is 9.91. The number of rotatable bonds is 8. The molecule has 5 nitrogen and oxygen atoms in total. The number of benzene rings is 2. The van der Waals surface area contributed by atoms with E-state index in [0.717, 1.165) is 30.1 Å². The summed E-state index contributed by atoms with van der Waals surface area (Å²) in [6.45, 7) is 4.08. The van der Waals surface area contributed by atoms with Crippen molar-refractivity contribution in [1.29, 1.82) is 0 Å². The number of methoxy groups -OCH3 is 1. The molecule has 0 saturated heterocycles. The van der Waals surface area contributed by atoms with Crippen LogP contribution >= 0.6 is 0 Å². The first kappa shape index (κ1) is 20.1. The van der Waals surface area contributed by atoms with Gasteiger partial charge in [-0.3, -0.25) is 4.79 Å². The van der Waals surface area contributed by atoms with Crippen molar-refractivity contribution in [3.8, 4) is 17.2 Å². The zero-order chi connectivity index (χ0) is 19.9. The van der Waals surface area contributed by atoms with E-state index < -0.39 is 6.10 Å². The predicted octanol–water partition coefficient (Wildman–Crippen LogP) is 3.93. The Hall–Kier alpha value is -2.69. The van der Waals surface area contributed by atoms with Gasteiger partial charge in [0, 0.05) is 0 Å². The smallest absolute Gasteiger partial charge is 0.261 e. The molecule has 0 bridgehead atoms. The van der Waals surface area contributed by atoms with Crippen molar-refractivity contribution < 1.29 is 19.0 Å². The Balaban J connectivity index is 1.49. The Kier molecular flexibility index (Phi) is 6.80. The number of amides is 1. The van der Waals surface area contributed by atoms with Gasteiger partial charge in [0.1, 0.15) is 23.9 Å². The van der Waals surface area contributed by atoms with Crippen molar-refractivity contribution in [2.45, 2.75) is 51.7 Å². The van der Waals surface area contributed by atoms with Gasteiger partial charge in [0.25, 0.3) is 5.91 Å². The van der Waals surface area contributed by atoms with Crippen molar-refractivity contribution in [2.75, 3.05) is 13.7 Å². The second kappa shape index (κ2) is 9.49. The molecule has 2 atom stereocenters. The normalized spacial score (nSPS) is 15.1. The highest BCUT2D eigenvalue weighted by atomic mass is 16.5. The minimum absolute atomic E-state index is 0.134. The molecule has 28 heavy (non-hydrogen) atoms. The molecule has 5 heteroatoms. The van der Waals surface area contributed by atoms with E-state index in [2.05, 4.69) is 11.4 Å². The third-order valence-electron chi connectivity index (χ3n) is 4.97. The van der Waals surface area contributed by atoms with Gasteiger partial charge in [-0.05, 0) is 81.0 Å². The Morgan fingerprint density at radius 2 is 1.75 bits per heavy atom.